The molecule has 1 atom stereocenters. The van der Waals surface area contributed by atoms with E-state index < -0.39 is 10.0 Å². The Hall–Kier alpha value is -1.97. The summed E-state index contributed by atoms with van der Waals surface area (Å²) in [6.07, 6.45) is 4.44. The van der Waals surface area contributed by atoms with E-state index in [0.29, 0.717) is 39.0 Å². The van der Waals surface area contributed by atoms with Gasteiger partial charge in [0.2, 0.25) is 21.8 Å². The van der Waals surface area contributed by atoms with Crippen LogP contribution in [-0.4, -0.2) is 75.6 Å². The number of nitrogens with zero attached hydrogens (tertiary/aromatic N) is 2. The fourth-order valence-electron chi connectivity index (χ4n) is 4.18. The number of sulfonamides is 1. The second-order valence-corrected chi connectivity index (χ2v) is 10.2. The predicted molar refractivity (Wildman–Crippen MR) is 116 cm³/mol. The monoisotopic (exact) mass is 436 g/mol. The van der Waals surface area contributed by atoms with Gasteiger partial charge in [0.25, 0.3) is 0 Å². The first-order valence-electron chi connectivity index (χ1n) is 10.6. The SMILES string of the molecule is CS(=O)(=O)NCC1CCCN(CC(=O)N2CCC(C(=O)Nc3ccccc3)CC2)C1. The Bertz CT molecular complexity index is 823. The Balaban J connectivity index is 1.41. The molecule has 1 aromatic carbocycles. The van der Waals surface area contributed by atoms with E-state index in [1.165, 1.54) is 6.26 Å². The van der Waals surface area contributed by atoms with Gasteiger partial charge in [0.15, 0.2) is 0 Å². The lowest BCUT2D eigenvalue weighted by Crippen LogP contribution is -2.48. The van der Waals surface area contributed by atoms with Gasteiger partial charge >= 0.3 is 0 Å². The standard InChI is InChI=1S/C21H32N4O4S/c1-30(28,29)22-14-17-6-5-11-24(15-17)16-20(26)25-12-9-18(10-13-25)21(27)23-19-7-3-2-4-8-19/h2-4,7-8,17-18,22H,5-6,9-16H2,1H3,(H,23,27). The van der Waals surface area contributed by atoms with Crippen LogP contribution in [-0.2, 0) is 19.6 Å². The molecular weight excluding hydrogens is 404 g/mol. The molecule has 2 aliphatic heterocycles. The van der Waals surface area contributed by atoms with Crippen LogP contribution in [0.1, 0.15) is 25.7 Å². The number of hydrogen-bond donors (Lipinski definition) is 2. The van der Waals surface area contributed by atoms with E-state index in [0.717, 1.165) is 31.6 Å². The molecule has 0 radical (unpaired) electrons. The maximum Gasteiger partial charge on any atom is 0.236 e. The number of benzene rings is 1. The summed E-state index contributed by atoms with van der Waals surface area (Å²) in [5, 5.41) is 2.95. The van der Waals surface area contributed by atoms with E-state index in [9.17, 15) is 18.0 Å². The summed E-state index contributed by atoms with van der Waals surface area (Å²) in [6, 6.07) is 9.42. The van der Waals surface area contributed by atoms with Crippen LogP contribution in [0.4, 0.5) is 5.69 Å². The van der Waals surface area contributed by atoms with Gasteiger partial charge < -0.3 is 10.2 Å². The summed E-state index contributed by atoms with van der Waals surface area (Å²) < 4.78 is 25.2. The van der Waals surface area contributed by atoms with Crippen LogP contribution in [0.2, 0.25) is 0 Å². The average molecular weight is 437 g/mol. The third-order valence-electron chi connectivity index (χ3n) is 5.86. The maximum absolute atomic E-state index is 12.7. The zero-order valence-electron chi connectivity index (χ0n) is 17.5. The molecule has 8 nitrogen and oxygen atoms in total. The molecule has 3 rings (SSSR count). The molecule has 2 N–H and O–H groups in total. The number of amides is 2. The summed E-state index contributed by atoms with van der Waals surface area (Å²) in [4.78, 5) is 29.2. The molecule has 1 aromatic rings. The minimum Gasteiger partial charge on any atom is -0.342 e. The van der Waals surface area contributed by atoms with Crippen LogP contribution in [0.5, 0.6) is 0 Å². The van der Waals surface area contributed by atoms with Crippen molar-refractivity contribution in [2.75, 3.05) is 50.8 Å². The van der Waals surface area contributed by atoms with Gasteiger partial charge in [-0.25, -0.2) is 13.1 Å². The summed E-state index contributed by atoms with van der Waals surface area (Å²) in [5.41, 5.74) is 0.797. The van der Waals surface area contributed by atoms with Crippen molar-refractivity contribution in [3.05, 3.63) is 30.3 Å². The zero-order chi connectivity index (χ0) is 21.6. The molecule has 2 saturated heterocycles. The van der Waals surface area contributed by atoms with Gasteiger partial charge in [0.05, 0.1) is 12.8 Å². The van der Waals surface area contributed by atoms with Crippen molar-refractivity contribution < 1.29 is 18.0 Å². The molecule has 0 aliphatic carbocycles. The highest BCUT2D eigenvalue weighted by atomic mass is 32.2. The summed E-state index contributed by atoms with van der Waals surface area (Å²) in [7, 11) is -3.19. The number of nitrogens with one attached hydrogen (secondary N) is 2. The number of likely N-dealkylation sites (tertiary alicyclic amines) is 2. The molecule has 0 aromatic heterocycles. The van der Waals surface area contributed by atoms with E-state index in [1.807, 2.05) is 35.2 Å². The third-order valence-corrected chi connectivity index (χ3v) is 6.55. The summed E-state index contributed by atoms with van der Waals surface area (Å²) in [5.74, 6) is 0.267. The lowest BCUT2D eigenvalue weighted by molar-refractivity contribution is -0.136. The third kappa shape index (κ3) is 7.07. The minimum atomic E-state index is -3.19. The van der Waals surface area contributed by atoms with E-state index in [-0.39, 0.29) is 23.7 Å². The van der Waals surface area contributed by atoms with Crippen LogP contribution >= 0.6 is 0 Å². The van der Waals surface area contributed by atoms with Gasteiger partial charge in [0, 0.05) is 37.8 Å². The molecule has 1 unspecified atom stereocenters. The Labute approximate surface area is 179 Å². The molecule has 30 heavy (non-hydrogen) atoms. The van der Waals surface area contributed by atoms with E-state index in [1.54, 1.807) is 0 Å². The minimum absolute atomic E-state index is 0.0190. The Morgan fingerprint density at radius 3 is 2.43 bits per heavy atom. The number of carbonyl (C=O) groups excluding carboxylic acids is 2. The van der Waals surface area contributed by atoms with Crippen LogP contribution in [0.15, 0.2) is 30.3 Å². The quantitative estimate of drug-likeness (QED) is 0.668. The summed E-state index contributed by atoms with van der Waals surface area (Å²) >= 11 is 0. The maximum atomic E-state index is 12.7. The van der Waals surface area contributed by atoms with Gasteiger partial charge in [-0.05, 0) is 50.3 Å². The fourth-order valence-corrected chi connectivity index (χ4v) is 4.72. The molecule has 166 valence electrons. The zero-order valence-corrected chi connectivity index (χ0v) is 18.4. The number of hydrogen-bond acceptors (Lipinski definition) is 5. The first kappa shape index (κ1) is 22.7. The van der Waals surface area contributed by atoms with Crippen molar-refractivity contribution in [2.45, 2.75) is 25.7 Å². The van der Waals surface area contributed by atoms with Crippen LogP contribution < -0.4 is 10.0 Å². The second kappa shape index (κ2) is 10.4. The van der Waals surface area contributed by atoms with Crippen LogP contribution in [0.3, 0.4) is 0 Å². The van der Waals surface area contributed by atoms with Crippen molar-refractivity contribution in [2.24, 2.45) is 11.8 Å². The van der Waals surface area contributed by atoms with E-state index >= 15 is 0 Å². The van der Waals surface area contributed by atoms with Crippen molar-refractivity contribution >= 4 is 27.5 Å². The molecule has 2 heterocycles. The van der Waals surface area contributed by atoms with Crippen molar-refractivity contribution in [3.63, 3.8) is 0 Å². The lowest BCUT2D eigenvalue weighted by Gasteiger charge is -2.36. The van der Waals surface area contributed by atoms with Crippen molar-refractivity contribution in [1.82, 2.24) is 14.5 Å². The molecule has 9 heteroatoms. The number of carbonyl (C=O) groups is 2. The fraction of sp³-hybridized carbons (Fsp3) is 0.619. The normalized spacial score (nSPS) is 21.4. The second-order valence-electron chi connectivity index (χ2n) is 8.37. The van der Waals surface area contributed by atoms with Crippen LogP contribution in [0, 0.1) is 11.8 Å². The topological polar surface area (TPSA) is 98.8 Å². The number of rotatable bonds is 7. The predicted octanol–water partition coefficient (Wildman–Crippen LogP) is 1.12. The first-order valence-corrected chi connectivity index (χ1v) is 12.5. The van der Waals surface area contributed by atoms with Gasteiger partial charge in [-0.1, -0.05) is 18.2 Å². The smallest absolute Gasteiger partial charge is 0.236 e. The van der Waals surface area contributed by atoms with Crippen molar-refractivity contribution in [1.29, 1.82) is 0 Å². The average Bonchev–Trinajstić information content (AvgIpc) is 2.73. The first-order chi connectivity index (χ1) is 14.3. The van der Waals surface area contributed by atoms with Gasteiger partial charge in [0.1, 0.15) is 0 Å². The highest BCUT2D eigenvalue weighted by Crippen LogP contribution is 2.21. The molecule has 0 saturated carbocycles. The number of piperidine rings is 2. The van der Waals surface area contributed by atoms with Crippen LogP contribution in [0.25, 0.3) is 0 Å². The Kier molecular flexibility index (Phi) is 7.85. The molecule has 0 bridgehead atoms. The Morgan fingerprint density at radius 1 is 1.07 bits per heavy atom. The molecule has 2 fully saturated rings. The van der Waals surface area contributed by atoms with E-state index in [4.69, 9.17) is 0 Å². The molecule has 2 amide bonds. The number of para-hydroxylation sites is 1. The largest absolute Gasteiger partial charge is 0.342 e. The highest BCUT2D eigenvalue weighted by Gasteiger charge is 2.29. The van der Waals surface area contributed by atoms with Crippen molar-refractivity contribution in [3.8, 4) is 0 Å². The van der Waals surface area contributed by atoms with Gasteiger partial charge in [-0.3, -0.25) is 14.5 Å². The molecule has 2 aliphatic rings. The Morgan fingerprint density at radius 2 is 1.77 bits per heavy atom. The van der Waals surface area contributed by atoms with E-state index in [2.05, 4.69) is 14.9 Å². The number of anilines is 1. The molecular formula is C21H32N4O4S. The summed E-state index contributed by atoms with van der Waals surface area (Å²) in [6.45, 7) is 3.56. The lowest BCUT2D eigenvalue weighted by atomic mass is 9.95. The highest BCUT2D eigenvalue weighted by molar-refractivity contribution is 7.88. The van der Waals surface area contributed by atoms with Gasteiger partial charge in [-0.2, -0.15) is 0 Å². The van der Waals surface area contributed by atoms with Gasteiger partial charge in [-0.15, -0.1) is 0 Å². The molecule has 0 spiro atoms.